The zero-order chi connectivity index (χ0) is 20.9. The first-order chi connectivity index (χ1) is 13.8. The quantitative estimate of drug-likeness (QED) is 0.482. The molecule has 6 atom stereocenters. The van der Waals surface area contributed by atoms with Crippen molar-refractivity contribution in [2.45, 2.75) is 50.3 Å². The van der Waals surface area contributed by atoms with Gasteiger partial charge < -0.3 is 25.7 Å². The molecular weight excluding hydrogens is 410 g/mol. The number of β-lactam (4-membered cyclic amide) rings is 1. The molecule has 0 bridgehead atoms. The number of hydrogen-bond donors (Lipinski definition) is 4. The van der Waals surface area contributed by atoms with Gasteiger partial charge in [-0.3, -0.25) is 4.79 Å². The third-order valence-electron chi connectivity index (χ3n) is 6.12. The Morgan fingerprint density at radius 3 is 2.93 bits per heavy atom. The van der Waals surface area contributed by atoms with Crippen LogP contribution < -0.4 is 10.6 Å². The van der Waals surface area contributed by atoms with Gasteiger partial charge in [-0.2, -0.15) is 0 Å². The zero-order valence-electron chi connectivity index (χ0n) is 16.7. The smallest absolute Gasteiger partial charge is 0.353 e. The fourth-order valence-electron chi connectivity index (χ4n) is 4.75. The fourth-order valence-corrected chi connectivity index (χ4v) is 7.18. The van der Waals surface area contributed by atoms with Gasteiger partial charge in [-0.1, -0.05) is 6.92 Å². The predicted octanol–water partition coefficient (Wildman–Crippen LogP) is 1.76. The molecular formula is C20H27N3O4S2. The monoisotopic (exact) mass is 437 g/mol. The van der Waals surface area contributed by atoms with Gasteiger partial charge in [0.05, 0.1) is 18.1 Å². The first kappa shape index (κ1) is 20.9. The first-order valence-electron chi connectivity index (χ1n) is 9.94. The lowest BCUT2D eigenvalue weighted by molar-refractivity contribution is -0.163. The number of aliphatic hydroxyl groups excluding tert-OH is 1. The third kappa shape index (κ3) is 3.53. The second kappa shape index (κ2) is 8.03. The summed E-state index contributed by atoms with van der Waals surface area (Å²) >= 11 is 3.34. The van der Waals surface area contributed by atoms with Crippen molar-refractivity contribution in [3.05, 3.63) is 32.5 Å². The van der Waals surface area contributed by atoms with E-state index >= 15 is 0 Å². The molecule has 4 rings (SSSR count). The molecule has 3 aliphatic heterocycles. The molecule has 0 saturated carbocycles. The van der Waals surface area contributed by atoms with E-state index in [4.69, 9.17) is 0 Å². The largest absolute Gasteiger partial charge is 0.477 e. The second-order valence-electron chi connectivity index (χ2n) is 8.08. The summed E-state index contributed by atoms with van der Waals surface area (Å²) in [6.45, 7) is 5.24. The van der Waals surface area contributed by atoms with Gasteiger partial charge in [0.15, 0.2) is 0 Å². The molecule has 9 heteroatoms. The molecule has 0 spiro atoms. The number of hydrogen-bond acceptors (Lipinski definition) is 7. The maximum absolute atomic E-state index is 12.5. The van der Waals surface area contributed by atoms with Gasteiger partial charge in [0.25, 0.3) is 0 Å². The van der Waals surface area contributed by atoms with Gasteiger partial charge in [-0.05, 0) is 37.4 Å². The molecule has 1 aromatic heterocycles. The standard InChI is InChI=1S/C20H27N3O4S2/c1-9-16-15(10(2)24)19(25)23(16)17(20(26)27)18(9)29-13-5-14(22-7-13)11-4-12(6-21-3)28-8-11/h4,8-10,13-16,21-22,24H,5-7H2,1-3H3,(H,26,27)/t9-,10-,13+,14-,15-,16-/m1/s1. The number of amides is 1. The topological polar surface area (TPSA) is 102 Å². The summed E-state index contributed by atoms with van der Waals surface area (Å²) in [7, 11) is 1.94. The van der Waals surface area contributed by atoms with Crippen LogP contribution in [0.25, 0.3) is 0 Å². The van der Waals surface area contributed by atoms with Gasteiger partial charge in [-0.15, -0.1) is 23.1 Å². The van der Waals surface area contributed by atoms with E-state index in [2.05, 4.69) is 22.1 Å². The van der Waals surface area contributed by atoms with Crippen molar-refractivity contribution >= 4 is 35.0 Å². The number of aliphatic carboxylic acids is 1. The van der Waals surface area contributed by atoms with E-state index in [1.807, 2.05) is 14.0 Å². The van der Waals surface area contributed by atoms with Gasteiger partial charge in [-0.25, -0.2) is 4.79 Å². The average Bonchev–Trinajstić information content (AvgIpc) is 3.34. The van der Waals surface area contributed by atoms with E-state index < -0.39 is 18.0 Å². The van der Waals surface area contributed by atoms with E-state index in [9.17, 15) is 19.8 Å². The summed E-state index contributed by atoms with van der Waals surface area (Å²) in [4.78, 5) is 27.9. The summed E-state index contributed by atoms with van der Waals surface area (Å²) in [5.74, 6) is -1.92. The number of thiophene rings is 1. The predicted molar refractivity (Wildman–Crippen MR) is 113 cm³/mol. The Hall–Kier alpha value is -1.39. The van der Waals surface area contributed by atoms with Crippen LogP contribution in [0.5, 0.6) is 0 Å². The summed E-state index contributed by atoms with van der Waals surface area (Å²) in [5.41, 5.74) is 1.40. The van der Waals surface area contributed by atoms with Crippen LogP contribution in [0.1, 0.15) is 36.8 Å². The van der Waals surface area contributed by atoms with Crippen molar-refractivity contribution in [3.8, 4) is 0 Å². The fraction of sp³-hybridized carbons (Fsp3) is 0.600. The Labute approximate surface area is 178 Å². The van der Waals surface area contributed by atoms with Crippen LogP contribution in [0.15, 0.2) is 22.0 Å². The lowest BCUT2D eigenvalue weighted by atomic mass is 9.79. The lowest BCUT2D eigenvalue weighted by Crippen LogP contribution is -2.63. The number of carbonyl (C=O) groups excluding carboxylic acids is 1. The summed E-state index contributed by atoms with van der Waals surface area (Å²) in [6, 6.07) is 2.25. The second-order valence-corrected chi connectivity index (χ2v) is 10.4. The molecule has 0 unspecified atom stereocenters. The number of fused-ring (bicyclic) bond motifs is 1. The molecule has 2 fully saturated rings. The molecule has 1 aromatic rings. The number of carboxylic acids is 1. The highest BCUT2D eigenvalue weighted by Crippen LogP contribution is 2.52. The molecule has 2 saturated heterocycles. The highest BCUT2D eigenvalue weighted by Gasteiger charge is 2.60. The van der Waals surface area contributed by atoms with E-state index in [0.29, 0.717) is 0 Å². The van der Waals surface area contributed by atoms with Crippen molar-refractivity contribution < 1.29 is 19.8 Å². The van der Waals surface area contributed by atoms with Crippen LogP contribution in [-0.4, -0.2) is 58.0 Å². The Morgan fingerprint density at radius 1 is 1.52 bits per heavy atom. The number of thioether (sulfide) groups is 1. The highest BCUT2D eigenvalue weighted by atomic mass is 32.2. The third-order valence-corrected chi connectivity index (χ3v) is 8.59. The van der Waals surface area contributed by atoms with Gasteiger partial charge in [0.2, 0.25) is 5.91 Å². The van der Waals surface area contributed by atoms with Crippen LogP contribution in [0, 0.1) is 11.8 Å². The van der Waals surface area contributed by atoms with Crippen molar-refractivity contribution in [2.24, 2.45) is 11.8 Å². The van der Waals surface area contributed by atoms with Crippen LogP contribution in [0.2, 0.25) is 0 Å². The molecule has 3 aliphatic rings. The maximum Gasteiger partial charge on any atom is 0.353 e. The summed E-state index contributed by atoms with van der Waals surface area (Å²) in [5, 5.41) is 28.9. The summed E-state index contributed by atoms with van der Waals surface area (Å²) < 4.78 is 0. The van der Waals surface area contributed by atoms with E-state index in [1.54, 1.807) is 30.0 Å². The van der Waals surface area contributed by atoms with Crippen LogP contribution in [0.3, 0.4) is 0 Å². The van der Waals surface area contributed by atoms with E-state index in [0.717, 1.165) is 24.4 Å². The Bertz CT molecular complexity index is 853. The maximum atomic E-state index is 12.5. The van der Waals surface area contributed by atoms with Crippen molar-refractivity contribution in [3.63, 3.8) is 0 Å². The molecule has 0 aliphatic carbocycles. The molecule has 4 heterocycles. The SMILES string of the molecule is CNCc1cc([C@H]2C[C@H](SC3=C(C(=O)O)N4C(=O)[C@H]([C@@H](C)O)[C@H]4[C@H]3C)CN2)cs1. The number of nitrogens with zero attached hydrogens (tertiary/aromatic N) is 1. The van der Waals surface area contributed by atoms with Crippen LogP contribution >= 0.6 is 23.1 Å². The van der Waals surface area contributed by atoms with Crippen LogP contribution in [0.4, 0.5) is 0 Å². The van der Waals surface area contributed by atoms with E-state index in [1.165, 1.54) is 15.3 Å². The molecule has 29 heavy (non-hydrogen) atoms. The Balaban J connectivity index is 1.48. The first-order valence-corrected chi connectivity index (χ1v) is 11.7. The Morgan fingerprint density at radius 2 is 2.28 bits per heavy atom. The highest BCUT2D eigenvalue weighted by molar-refractivity contribution is 8.03. The normalized spacial score (nSPS) is 32.5. The van der Waals surface area contributed by atoms with Crippen molar-refractivity contribution in [2.75, 3.05) is 13.6 Å². The lowest BCUT2D eigenvalue weighted by Gasteiger charge is -2.46. The van der Waals surface area contributed by atoms with Gasteiger partial charge in [0.1, 0.15) is 5.70 Å². The number of nitrogens with one attached hydrogen (secondary N) is 2. The minimum absolute atomic E-state index is 0.0779. The number of carboxylic acid groups (broad SMARTS) is 1. The minimum Gasteiger partial charge on any atom is -0.477 e. The number of carbonyl (C=O) groups is 2. The van der Waals surface area contributed by atoms with Crippen LogP contribution in [-0.2, 0) is 16.1 Å². The molecule has 158 valence electrons. The Kier molecular flexibility index (Phi) is 5.78. The molecule has 7 nitrogen and oxygen atoms in total. The molecule has 4 N–H and O–H groups in total. The molecule has 0 radical (unpaired) electrons. The average molecular weight is 438 g/mol. The van der Waals surface area contributed by atoms with E-state index in [-0.39, 0.29) is 34.9 Å². The number of rotatable bonds is 7. The summed E-state index contributed by atoms with van der Waals surface area (Å²) in [6.07, 6.45) is 0.149. The minimum atomic E-state index is -1.06. The van der Waals surface area contributed by atoms with Gasteiger partial charge in [0, 0.05) is 40.1 Å². The zero-order valence-corrected chi connectivity index (χ0v) is 18.3. The molecule has 0 aromatic carbocycles. The van der Waals surface area contributed by atoms with Crippen molar-refractivity contribution in [1.29, 1.82) is 0 Å². The molecule has 1 amide bonds. The number of aliphatic hydroxyl groups is 1. The van der Waals surface area contributed by atoms with Crippen molar-refractivity contribution in [1.82, 2.24) is 15.5 Å². The van der Waals surface area contributed by atoms with Gasteiger partial charge >= 0.3 is 5.97 Å².